The summed E-state index contributed by atoms with van der Waals surface area (Å²) in [5.74, 6) is 3.49. The molecule has 0 spiro atoms. The number of aromatic nitrogens is 2. The van der Waals surface area contributed by atoms with E-state index >= 15 is 0 Å². The van der Waals surface area contributed by atoms with Crippen molar-refractivity contribution in [2.24, 2.45) is 5.92 Å². The summed E-state index contributed by atoms with van der Waals surface area (Å²) >= 11 is 2.11. The lowest BCUT2D eigenvalue weighted by atomic mass is 9.94. The van der Waals surface area contributed by atoms with Crippen molar-refractivity contribution in [3.8, 4) is 0 Å². The molecule has 2 heterocycles. The van der Waals surface area contributed by atoms with Crippen LogP contribution in [-0.2, 0) is 19.4 Å². The van der Waals surface area contributed by atoms with Gasteiger partial charge >= 0.3 is 0 Å². The zero-order valence-corrected chi connectivity index (χ0v) is 14.0. The molecule has 2 unspecified atom stereocenters. The predicted octanol–water partition coefficient (Wildman–Crippen LogP) is 3.13. The first kappa shape index (κ1) is 15.9. The fraction of sp³-hybridized carbons (Fsp3) is 0.812. The van der Waals surface area contributed by atoms with E-state index in [1.165, 1.54) is 35.7 Å². The molecule has 1 N–H and O–H groups in total. The van der Waals surface area contributed by atoms with Crippen molar-refractivity contribution in [3.63, 3.8) is 0 Å². The molecule has 20 heavy (non-hydrogen) atoms. The van der Waals surface area contributed by atoms with Crippen LogP contribution in [0.3, 0.4) is 0 Å². The van der Waals surface area contributed by atoms with Crippen LogP contribution in [0.25, 0.3) is 0 Å². The number of aryl methyl sites for hydroxylation is 2. The van der Waals surface area contributed by atoms with Crippen molar-refractivity contribution in [2.45, 2.75) is 59.0 Å². The third kappa shape index (κ3) is 4.01. The number of hydrogen-bond donors (Lipinski definition) is 1. The molecule has 1 aromatic heterocycles. The quantitative estimate of drug-likeness (QED) is 0.799. The normalized spacial score (nSPS) is 20.4. The summed E-state index contributed by atoms with van der Waals surface area (Å²) in [7, 11) is 0. The number of hydrogen-bond acceptors (Lipinski definition) is 3. The standard InChI is InChI=1S/C16H29N3S/c1-4-8-17-16(13-7-9-20-12-13)11-15-10-14(5-2)18-19(15)6-3/h10,13,16-17H,4-9,11-12H2,1-3H3. The van der Waals surface area contributed by atoms with Crippen LogP contribution in [0.15, 0.2) is 6.07 Å². The zero-order valence-electron chi connectivity index (χ0n) is 13.2. The Bertz CT molecular complexity index is 396. The number of rotatable bonds is 8. The minimum atomic E-state index is 0.622. The van der Waals surface area contributed by atoms with Gasteiger partial charge in [0.2, 0.25) is 0 Å². The van der Waals surface area contributed by atoms with Crippen molar-refractivity contribution in [1.82, 2.24) is 15.1 Å². The second-order valence-electron chi connectivity index (χ2n) is 5.68. The fourth-order valence-electron chi connectivity index (χ4n) is 2.96. The lowest BCUT2D eigenvalue weighted by Crippen LogP contribution is -2.39. The molecule has 0 amide bonds. The van der Waals surface area contributed by atoms with E-state index in [2.05, 4.69) is 48.6 Å². The number of nitrogens with one attached hydrogen (secondary N) is 1. The molecule has 1 aromatic rings. The summed E-state index contributed by atoms with van der Waals surface area (Å²) in [4.78, 5) is 0. The fourth-order valence-corrected chi connectivity index (χ4v) is 4.29. The highest BCUT2D eigenvalue weighted by Crippen LogP contribution is 2.28. The van der Waals surface area contributed by atoms with Gasteiger partial charge in [-0.1, -0.05) is 13.8 Å². The monoisotopic (exact) mass is 295 g/mol. The SMILES string of the molecule is CCCNC(Cc1cc(CC)nn1CC)C1CCSC1. The molecule has 1 aliphatic heterocycles. The summed E-state index contributed by atoms with van der Waals surface area (Å²) in [6.45, 7) is 8.74. The maximum absolute atomic E-state index is 4.69. The van der Waals surface area contributed by atoms with E-state index in [1.54, 1.807) is 0 Å². The molecule has 4 heteroatoms. The maximum Gasteiger partial charge on any atom is 0.0624 e. The first-order valence-electron chi connectivity index (χ1n) is 8.15. The molecule has 1 saturated heterocycles. The highest BCUT2D eigenvalue weighted by atomic mass is 32.2. The zero-order chi connectivity index (χ0) is 14.4. The van der Waals surface area contributed by atoms with Gasteiger partial charge in [-0.05, 0) is 56.2 Å². The van der Waals surface area contributed by atoms with Crippen LogP contribution >= 0.6 is 11.8 Å². The van der Waals surface area contributed by atoms with E-state index < -0.39 is 0 Å². The number of thioether (sulfide) groups is 1. The van der Waals surface area contributed by atoms with Gasteiger partial charge in [-0.25, -0.2) is 0 Å². The van der Waals surface area contributed by atoms with Gasteiger partial charge in [0.15, 0.2) is 0 Å². The van der Waals surface area contributed by atoms with Crippen LogP contribution in [0.1, 0.15) is 45.0 Å². The third-order valence-corrected chi connectivity index (χ3v) is 5.38. The van der Waals surface area contributed by atoms with E-state index in [1.807, 2.05) is 0 Å². The van der Waals surface area contributed by atoms with Crippen molar-refractivity contribution < 1.29 is 0 Å². The summed E-state index contributed by atoms with van der Waals surface area (Å²) in [5, 5.41) is 8.47. The Morgan fingerprint density at radius 1 is 1.45 bits per heavy atom. The van der Waals surface area contributed by atoms with Crippen molar-refractivity contribution in [3.05, 3.63) is 17.5 Å². The molecule has 0 saturated carbocycles. The Labute approximate surface area is 127 Å². The highest BCUT2D eigenvalue weighted by molar-refractivity contribution is 7.99. The molecule has 3 nitrogen and oxygen atoms in total. The van der Waals surface area contributed by atoms with Gasteiger partial charge in [-0.2, -0.15) is 16.9 Å². The van der Waals surface area contributed by atoms with Crippen LogP contribution in [0, 0.1) is 5.92 Å². The summed E-state index contributed by atoms with van der Waals surface area (Å²) in [5.41, 5.74) is 2.65. The van der Waals surface area contributed by atoms with Crippen LogP contribution in [0.4, 0.5) is 0 Å². The molecular formula is C16H29N3S. The molecule has 1 fully saturated rings. The Morgan fingerprint density at radius 2 is 2.30 bits per heavy atom. The second kappa shape index (κ2) is 8.08. The topological polar surface area (TPSA) is 29.9 Å². The van der Waals surface area contributed by atoms with Crippen LogP contribution in [-0.4, -0.2) is 33.9 Å². The highest BCUT2D eigenvalue weighted by Gasteiger charge is 2.26. The van der Waals surface area contributed by atoms with E-state index in [-0.39, 0.29) is 0 Å². The van der Waals surface area contributed by atoms with Gasteiger partial charge in [0.1, 0.15) is 0 Å². The van der Waals surface area contributed by atoms with Crippen LogP contribution < -0.4 is 5.32 Å². The smallest absolute Gasteiger partial charge is 0.0624 e. The predicted molar refractivity (Wildman–Crippen MR) is 88.5 cm³/mol. The lowest BCUT2D eigenvalue weighted by molar-refractivity contribution is 0.372. The molecule has 0 aromatic carbocycles. The average molecular weight is 295 g/mol. The van der Waals surface area contributed by atoms with E-state index in [0.29, 0.717) is 6.04 Å². The first-order valence-corrected chi connectivity index (χ1v) is 9.30. The molecule has 0 bridgehead atoms. The summed E-state index contributed by atoms with van der Waals surface area (Å²) < 4.78 is 2.20. The Morgan fingerprint density at radius 3 is 2.90 bits per heavy atom. The second-order valence-corrected chi connectivity index (χ2v) is 6.83. The van der Waals surface area contributed by atoms with Crippen LogP contribution in [0.5, 0.6) is 0 Å². The molecule has 114 valence electrons. The van der Waals surface area contributed by atoms with Gasteiger partial charge in [0, 0.05) is 24.7 Å². The van der Waals surface area contributed by atoms with Crippen LogP contribution in [0.2, 0.25) is 0 Å². The molecule has 0 aliphatic carbocycles. The summed E-state index contributed by atoms with van der Waals surface area (Å²) in [6, 6.07) is 2.93. The molecule has 2 atom stereocenters. The Hall–Kier alpha value is -0.480. The third-order valence-electron chi connectivity index (χ3n) is 4.20. The van der Waals surface area contributed by atoms with Gasteiger partial charge in [-0.15, -0.1) is 0 Å². The van der Waals surface area contributed by atoms with Crippen molar-refractivity contribution in [2.75, 3.05) is 18.1 Å². The lowest BCUT2D eigenvalue weighted by Gasteiger charge is -2.24. The minimum Gasteiger partial charge on any atom is -0.313 e. The Kier molecular flexibility index (Phi) is 6.43. The molecular weight excluding hydrogens is 266 g/mol. The Balaban J connectivity index is 2.07. The van der Waals surface area contributed by atoms with E-state index in [0.717, 1.165) is 31.8 Å². The average Bonchev–Trinajstić information content (AvgIpc) is 3.12. The van der Waals surface area contributed by atoms with Gasteiger partial charge in [0.05, 0.1) is 5.69 Å². The van der Waals surface area contributed by atoms with E-state index in [9.17, 15) is 0 Å². The first-order chi connectivity index (χ1) is 9.78. The van der Waals surface area contributed by atoms with Gasteiger partial charge < -0.3 is 5.32 Å². The number of nitrogens with zero attached hydrogens (tertiary/aromatic N) is 2. The largest absolute Gasteiger partial charge is 0.313 e. The van der Waals surface area contributed by atoms with Gasteiger partial charge in [0.25, 0.3) is 0 Å². The molecule has 0 radical (unpaired) electrons. The van der Waals surface area contributed by atoms with E-state index in [4.69, 9.17) is 5.10 Å². The summed E-state index contributed by atoms with van der Waals surface area (Å²) in [6.07, 6.45) is 4.74. The molecule has 1 aliphatic rings. The van der Waals surface area contributed by atoms with Crippen molar-refractivity contribution >= 4 is 11.8 Å². The van der Waals surface area contributed by atoms with Crippen molar-refractivity contribution in [1.29, 1.82) is 0 Å². The maximum atomic E-state index is 4.69. The minimum absolute atomic E-state index is 0.622. The van der Waals surface area contributed by atoms with Gasteiger partial charge in [-0.3, -0.25) is 4.68 Å². The molecule has 2 rings (SSSR count).